The van der Waals surface area contributed by atoms with Gasteiger partial charge in [-0.2, -0.15) is 0 Å². The Hall–Kier alpha value is -2.57. The molecule has 4 N–H and O–H groups in total. The summed E-state index contributed by atoms with van der Waals surface area (Å²) >= 11 is 1.68. The summed E-state index contributed by atoms with van der Waals surface area (Å²) in [7, 11) is 2.19. The highest BCUT2D eigenvalue weighted by Crippen LogP contribution is 2.41. The maximum atomic E-state index is 12.9. The molecule has 0 spiro atoms. The van der Waals surface area contributed by atoms with E-state index in [1.165, 1.54) is 15.3 Å². The lowest BCUT2D eigenvalue weighted by Crippen LogP contribution is -3.08. The summed E-state index contributed by atoms with van der Waals surface area (Å²) < 4.78 is 0. The number of anilines is 1. The number of nitrogens with one attached hydrogen (secondary N) is 3. The molecule has 2 atom stereocenters. The second-order valence-corrected chi connectivity index (χ2v) is 8.22. The zero-order chi connectivity index (χ0) is 17.8. The van der Waals surface area contributed by atoms with E-state index in [4.69, 9.17) is 0 Å². The van der Waals surface area contributed by atoms with Crippen LogP contribution in [0.5, 0.6) is 5.75 Å². The van der Waals surface area contributed by atoms with Gasteiger partial charge in [-0.1, -0.05) is 30.3 Å². The maximum absolute atomic E-state index is 12.9. The summed E-state index contributed by atoms with van der Waals surface area (Å²) in [6, 6.07) is 11.5. The molecule has 3 heterocycles. The van der Waals surface area contributed by atoms with Gasteiger partial charge in [0.2, 0.25) is 0 Å². The number of phenolic OH excluding ortho intramolecular Hbond substituents is 1. The van der Waals surface area contributed by atoms with Crippen LogP contribution in [-0.2, 0) is 13.0 Å². The summed E-state index contributed by atoms with van der Waals surface area (Å²) in [6.07, 6.45) is 0.498. The van der Waals surface area contributed by atoms with Gasteiger partial charge in [-0.3, -0.25) is 4.79 Å². The quantitative estimate of drug-likeness (QED) is 0.533. The van der Waals surface area contributed by atoms with Crippen molar-refractivity contribution in [2.24, 2.45) is 0 Å². The van der Waals surface area contributed by atoms with E-state index in [0.717, 1.165) is 46.4 Å². The minimum Gasteiger partial charge on any atom is -0.507 e. The normalized spacial score (nSPS) is 21.7. The number of quaternary nitrogens is 1. The largest absolute Gasteiger partial charge is 0.507 e. The Morgan fingerprint density at radius 3 is 2.92 bits per heavy atom. The molecule has 132 valence electrons. The van der Waals surface area contributed by atoms with E-state index in [9.17, 15) is 9.90 Å². The molecule has 0 saturated heterocycles. The molecular formula is C20H20N3O2S+. The lowest BCUT2D eigenvalue weighted by Gasteiger charge is -2.28. The molecule has 2 aromatic carbocycles. The highest BCUT2D eigenvalue weighted by Gasteiger charge is 2.35. The molecule has 1 aromatic heterocycles. The third-order valence-corrected chi connectivity index (χ3v) is 6.53. The van der Waals surface area contributed by atoms with Crippen LogP contribution < -0.4 is 15.5 Å². The average Bonchev–Trinajstić information content (AvgIpc) is 2.99. The molecule has 3 aromatic rings. The van der Waals surface area contributed by atoms with Crippen molar-refractivity contribution < 1.29 is 14.8 Å². The van der Waals surface area contributed by atoms with Crippen molar-refractivity contribution in [2.45, 2.75) is 19.1 Å². The molecule has 1 amide bonds. The van der Waals surface area contributed by atoms with Crippen LogP contribution in [-0.4, -0.2) is 24.6 Å². The van der Waals surface area contributed by atoms with Crippen LogP contribution in [0.2, 0.25) is 0 Å². The predicted molar refractivity (Wildman–Crippen MR) is 103 cm³/mol. The van der Waals surface area contributed by atoms with E-state index >= 15 is 0 Å². The number of rotatable bonds is 1. The molecule has 0 saturated carbocycles. The summed E-state index contributed by atoms with van der Waals surface area (Å²) in [4.78, 5) is 15.7. The van der Waals surface area contributed by atoms with Gasteiger partial charge in [-0.05, 0) is 22.4 Å². The monoisotopic (exact) mass is 366 g/mol. The number of carbonyl (C=O) groups is 1. The number of hydrogen-bond donors (Lipinski definition) is 4. The first-order chi connectivity index (χ1) is 12.6. The first kappa shape index (κ1) is 15.7. The fourth-order valence-corrected chi connectivity index (χ4v) is 5.45. The average molecular weight is 366 g/mol. The lowest BCUT2D eigenvalue weighted by molar-refractivity contribution is -0.895. The molecule has 0 aliphatic carbocycles. The predicted octanol–water partition coefficient (Wildman–Crippen LogP) is 2.03. The van der Waals surface area contributed by atoms with Gasteiger partial charge in [0.1, 0.15) is 23.5 Å². The van der Waals surface area contributed by atoms with Crippen LogP contribution in [0, 0.1) is 0 Å². The molecule has 1 unspecified atom stereocenters. The highest BCUT2D eigenvalue weighted by atomic mass is 32.1. The standard InChI is InChI=1S/C20H19N3O2S/c1-23-9-8-13-15(10-23)26-20-17(13)19(25)21-18(22-20)16-12-5-3-2-4-11(12)6-7-14(16)24/h2-7,18,22,24H,8-10H2,1H3,(H,21,25)/p+1/t18-/m1/s1. The summed E-state index contributed by atoms with van der Waals surface area (Å²) in [5.74, 6) is 0.142. The number of aromatic hydroxyl groups is 1. The Morgan fingerprint density at radius 2 is 2.04 bits per heavy atom. The lowest BCUT2D eigenvalue weighted by atomic mass is 9.98. The van der Waals surface area contributed by atoms with Gasteiger partial charge in [-0.15, -0.1) is 11.3 Å². The molecule has 6 heteroatoms. The van der Waals surface area contributed by atoms with Gasteiger partial charge in [0.15, 0.2) is 0 Å². The van der Waals surface area contributed by atoms with E-state index in [-0.39, 0.29) is 11.7 Å². The Balaban J connectivity index is 1.61. The Kier molecular flexibility index (Phi) is 3.45. The van der Waals surface area contributed by atoms with Crippen molar-refractivity contribution in [3.05, 3.63) is 58.0 Å². The van der Waals surface area contributed by atoms with Crippen LogP contribution in [0.15, 0.2) is 36.4 Å². The van der Waals surface area contributed by atoms with Crippen LogP contribution in [0.4, 0.5) is 5.00 Å². The highest BCUT2D eigenvalue weighted by molar-refractivity contribution is 7.16. The number of phenols is 1. The van der Waals surface area contributed by atoms with E-state index in [2.05, 4.69) is 17.7 Å². The fourth-order valence-electron chi connectivity index (χ4n) is 4.06. The van der Waals surface area contributed by atoms with Gasteiger partial charge in [0.25, 0.3) is 5.91 Å². The van der Waals surface area contributed by atoms with Gasteiger partial charge < -0.3 is 20.6 Å². The summed E-state index contributed by atoms with van der Waals surface area (Å²) in [6.45, 7) is 2.02. The number of benzene rings is 2. The van der Waals surface area contributed by atoms with Crippen molar-refractivity contribution in [1.29, 1.82) is 0 Å². The van der Waals surface area contributed by atoms with Gasteiger partial charge in [0, 0.05) is 12.0 Å². The van der Waals surface area contributed by atoms with Crippen molar-refractivity contribution in [2.75, 3.05) is 18.9 Å². The molecule has 0 radical (unpaired) electrons. The van der Waals surface area contributed by atoms with Crippen LogP contribution in [0.3, 0.4) is 0 Å². The number of carbonyl (C=O) groups excluding carboxylic acids is 1. The zero-order valence-electron chi connectivity index (χ0n) is 14.4. The summed E-state index contributed by atoms with van der Waals surface area (Å²) in [5.41, 5.74) is 2.71. The van der Waals surface area contributed by atoms with E-state index in [0.29, 0.717) is 0 Å². The molecule has 0 bridgehead atoms. The van der Waals surface area contributed by atoms with Gasteiger partial charge in [-0.25, -0.2) is 0 Å². The van der Waals surface area contributed by atoms with Crippen molar-refractivity contribution in [3.63, 3.8) is 0 Å². The van der Waals surface area contributed by atoms with Crippen molar-refractivity contribution in [1.82, 2.24) is 5.32 Å². The Morgan fingerprint density at radius 1 is 1.19 bits per heavy atom. The number of amides is 1. The first-order valence-electron chi connectivity index (χ1n) is 8.85. The van der Waals surface area contributed by atoms with Crippen LogP contribution >= 0.6 is 11.3 Å². The summed E-state index contributed by atoms with van der Waals surface area (Å²) in [5, 5.41) is 19.9. The second-order valence-electron chi connectivity index (χ2n) is 7.11. The third-order valence-electron chi connectivity index (χ3n) is 5.37. The van der Waals surface area contributed by atoms with Crippen LogP contribution in [0.1, 0.15) is 32.5 Å². The number of hydrogen-bond acceptors (Lipinski definition) is 4. The Bertz CT molecular complexity index is 1040. The molecule has 5 nitrogen and oxygen atoms in total. The molecule has 2 aliphatic rings. The van der Waals surface area contributed by atoms with Crippen molar-refractivity contribution >= 4 is 33.0 Å². The number of likely N-dealkylation sites (N-methyl/N-ethyl adjacent to an activating group) is 1. The van der Waals surface area contributed by atoms with E-state index in [1.807, 2.05) is 30.3 Å². The van der Waals surface area contributed by atoms with Gasteiger partial charge in [0.05, 0.1) is 24.0 Å². The number of thiophene rings is 1. The maximum Gasteiger partial charge on any atom is 0.256 e. The van der Waals surface area contributed by atoms with Gasteiger partial charge >= 0.3 is 0 Å². The number of fused-ring (bicyclic) bond motifs is 4. The molecule has 26 heavy (non-hydrogen) atoms. The SMILES string of the molecule is C[NH+]1CCc2c(sc3c2C(=O)N[C@@H](c2c(O)ccc4ccccc24)N3)C1. The van der Waals surface area contributed by atoms with Crippen LogP contribution in [0.25, 0.3) is 10.8 Å². The van der Waals surface area contributed by atoms with E-state index in [1.54, 1.807) is 17.4 Å². The van der Waals surface area contributed by atoms with E-state index < -0.39 is 6.17 Å². The molecule has 2 aliphatic heterocycles. The fraction of sp³-hybridized carbons (Fsp3) is 0.250. The minimum absolute atomic E-state index is 0.0480. The molecule has 0 fully saturated rings. The minimum atomic E-state index is -0.439. The van der Waals surface area contributed by atoms with Crippen molar-refractivity contribution in [3.8, 4) is 5.75 Å². The smallest absolute Gasteiger partial charge is 0.256 e. The topological polar surface area (TPSA) is 65.8 Å². The Labute approximate surface area is 155 Å². The second kappa shape index (κ2) is 5.72. The molecular weight excluding hydrogens is 346 g/mol. The first-order valence-corrected chi connectivity index (χ1v) is 9.67. The zero-order valence-corrected chi connectivity index (χ0v) is 15.2. The third kappa shape index (κ3) is 2.29. The molecule has 5 rings (SSSR count).